The zero-order valence-electron chi connectivity index (χ0n) is 66.4. The number of aromatic nitrogens is 1. The highest BCUT2D eigenvalue weighted by Crippen LogP contribution is 2.48. The predicted octanol–water partition coefficient (Wildman–Crippen LogP) is 27.7. The molecule has 21 aromatic rings. The van der Waals surface area contributed by atoms with Crippen LogP contribution in [0.3, 0.4) is 0 Å². The third-order valence-corrected chi connectivity index (χ3v) is 25.8. The molecule has 3 heterocycles. The van der Waals surface area contributed by atoms with Gasteiger partial charge in [0, 0.05) is 70.2 Å². The highest BCUT2D eigenvalue weighted by atomic mass is 15.2. The molecule has 0 fully saturated rings. The van der Waals surface area contributed by atoms with Gasteiger partial charge in [0.25, 0.3) is 6.71 Å². The zero-order valence-corrected chi connectivity index (χ0v) is 66.4. The van der Waals surface area contributed by atoms with Gasteiger partial charge in [-0.05, 0) is 234 Å². The van der Waals surface area contributed by atoms with Gasteiger partial charge in [0.05, 0.1) is 11.0 Å². The van der Waals surface area contributed by atoms with Crippen LogP contribution >= 0.6 is 0 Å². The number of benzene rings is 20. The number of rotatable bonds is 18. The van der Waals surface area contributed by atoms with E-state index in [1.54, 1.807) is 0 Å². The summed E-state index contributed by atoms with van der Waals surface area (Å²) in [5, 5.41) is 12.8. The van der Waals surface area contributed by atoms with Crippen molar-refractivity contribution in [1.29, 1.82) is 0 Å². The van der Waals surface area contributed by atoms with Crippen LogP contribution in [0.1, 0.15) is 16.7 Å². The van der Waals surface area contributed by atoms with Crippen molar-refractivity contribution in [3.8, 4) is 83.6 Å². The molecule has 0 saturated heterocycles. The first kappa shape index (κ1) is 70.4. The van der Waals surface area contributed by atoms with Gasteiger partial charge in [-0.25, -0.2) is 0 Å². The average molecular weight is 1530 g/mol. The van der Waals surface area contributed by atoms with Crippen LogP contribution in [-0.4, -0.2) is 24.4 Å². The summed E-state index contributed by atoms with van der Waals surface area (Å²) < 4.78 is 2.52. The topological polar surface area (TPSA) is 14.7 Å². The first-order valence-corrected chi connectivity index (χ1v) is 42.2. The number of hydrogen-bond donors (Lipinski definition) is 0. The molecule has 0 amide bonds. The van der Waals surface area contributed by atoms with Gasteiger partial charge >= 0.3 is 0 Å². The SMILES string of the molecule is c1ccc(-c2ccc(N(Cc3cc4c5c(c3)N(CCc3c(-c6ccccc6)cccc3-c3ccccc3)c3cc(-n6c7ccccc7c7ccccc76)ccc3B5c3ccc(-c5ccc6c7cccc8cccc(c9cccc5c96)c87)cc3N4CCc3c(-c4ccccc4)cccc3-c3ccccc3)c3ccc(-c4ccccc4)cc3)cc2)cc1. The molecule has 5 heteroatoms. The van der Waals surface area contributed by atoms with Crippen molar-refractivity contribution in [2.45, 2.75) is 19.4 Å². The van der Waals surface area contributed by atoms with Gasteiger partial charge in [0.2, 0.25) is 0 Å². The second-order valence-electron chi connectivity index (χ2n) is 32.3. The summed E-state index contributed by atoms with van der Waals surface area (Å²) in [6, 6.07) is 162. The highest BCUT2D eigenvalue weighted by molar-refractivity contribution is 7.00. The van der Waals surface area contributed by atoms with Crippen molar-refractivity contribution in [2.75, 3.05) is 27.8 Å². The van der Waals surface area contributed by atoms with Gasteiger partial charge in [-0.2, -0.15) is 0 Å². The van der Waals surface area contributed by atoms with E-state index in [1.807, 2.05) is 0 Å². The quantitative estimate of drug-likeness (QED) is 0.0483. The molecule has 2 aliphatic heterocycles. The first-order chi connectivity index (χ1) is 59.5. The van der Waals surface area contributed by atoms with Crippen molar-refractivity contribution in [3.63, 3.8) is 0 Å². The Bertz CT molecular complexity index is 7170. The molecule has 0 spiro atoms. The van der Waals surface area contributed by atoms with Crippen LogP contribution < -0.4 is 31.1 Å². The van der Waals surface area contributed by atoms with Crippen molar-refractivity contribution in [3.05, 3.63) is 447 Å². The Hall–Kier alpha value is -15.0. The third kappa shape index (κ3) is 12.1. The summed E-state index contributed by atoms with van der Waals surface area (Å²) in [6.07, 6.45) is 1.48. The number of anilines is 6. The number of fused-ring (bicyclic) bond motifs is 9. The molecule has 0 unspecified atom stereocenters. The minimum Gasteiger partial charge on any atom is -0.342 e. The monoisotopic (exact) mass is 1530 g/mol. The van der Waals surface area contributed by atoms with Gasteiger partial charge in [0.15, 0.2) is 0 Å². The minimum atomic E-state index is -0.184. The van der Waals surface area contributed by atoms with E-state index >= 15 is 0 Å². The Labute approximate surface area is 700 Å². The fraction of sp³-hybridized carbons (Fsp3) is 0.0435. The number of para-hydroxylation sites is 2. The van der Waals surface area contributed by atoms with E-state index in [-0.39, 0.29) is 6.71 Å². The van der Waals surface area contributed by atoms with E-state index in [0.717, 1.165) is 29.9 Å². The van der Waals surface area contributed by atoms with Gasteiger partial charge in [-0.3, -0.25) is 0 Å². The Kier molecular flexibility index (Phi) is 17.4. The normalized spacial score (nSPS) is 12.3. The first-order valence-electron chi connectivity index (χ1n) is 42.2. The van der Waals surface area contributed by atoms with Crippen molar-refractivity contribution in [2.24, 2.45) is 0 Å². The van der Waals surface area contributed by atoms with Crippen molar-refractivity contribution >= 4 is 122 Å². The average Bonchev–Trinajstić information content (AvgIpc) is 0.933. The molecule has 1 aromatic heterocycles. The second kappa shape index (κ2) is 29.6. The summed E-state index contributed by atoms with van der Waals surface area (Å²) in [5.74, 6) is 0. The van der Waals surface area contributed by atoms with E-state index in [2.05, 4.69) is 450 Å². The van der Waals surface area contributed by atoms with Gasteiger partial charge in [-0.1, -0.05) is 364 Å². The van der Waals surface area contributed by atoms with E-state index in [4.69, 9.17) is 0 Å². The van der Waals surface area contributed by atoms with Crippen molar-refractivity contribution in [1.82, 2.24) is 4.57 Å². The molecule has 0 aliphatic carbocycles. The number of hydrogen-bond acceptors (Lipinski definition) is 3. The fourth-order valence-electron chi connectivity index (χ4n) is 20.3. The van der Waals surface area contributed by atoms with E-state index in [1.165, 1.54) is 199 Å². The zero-order chi connectivity index (χ0) is 79.1. The van der Waals surface area contributed by atoms with Gasteiger partial charge in [-0.15, -0.1) is 0 Å². The summed E-state index contributed by atoms with van der Waals surface area (Å²) in [6.45, 7) is 1.72. The lowest BCUT2D eigenvalue weighted by molar-refractivity contribution is 0.899. The fourth-order valence-corrected chi connectivity index (χ4v) is 20.3. The van der Waals surface area contributed by atoms with Crippen LogP contribution in [0.4, 0.5) is 34.1 Å². The highest BCUT2D eigenvalue weighted by Gasteiger charge is 2.44. The van der Waals surface area contributed by atoms with Crippen LogP contribution in [0.25, 0.3) is 148 Å². The van der Waals surface area contributed by atoms with Crippen LogP contribution in [-0.2, 0) is 19.4 Å². The smallest absolute Gasteiger partial charge is 0.252 e. The Balaban J connectivity index is 0.793. The molecule has 120 heavy (non-hydrogen) atoms. The lowest BCUT2D eigenvalue weighted by atomic mass is 9.33. The molecule has 0 N–H and O–H groups in total. The van der Waals surface area contributed by atoms with Crippen LogP contribution in [0.2, 0.25) is 0 Å². The lowest BCUT2D eigenvalue weighted by Crippen LogP contribution is -2.62. The minimum absolute atomic E-state index is 0.184. The van der Waals surface area contributed by atoms with Crippen LogP contribution in [0.5, 0.6) is 0 Å². The molecule has 0 bridgehead atoms. The molecule has 0 radical (unpaired) electrons. The maximum absolute atomic E-state index is 2.78. The molecule has 564 valence electrons. The molecule has 0 saturated carbocycles. The summed E-state index contributed by atoms with van der Waals surface area (Å²) in [5.41, 5.74) is 35.2. The van der Waals surface area contributed by atoms with E-state index in [0.29, 0.717) is 19.6 Å². The molecule has 0 atom stereocenters. The van der Waals surface area contributed by atoms with Gasteiger partial charge in [0.1, 0.15) is 0 Å². The summed E-state index contributed by atoms with van der Waals surface area (Å²) in [7, 11) is 0. The molecule has 20 aromatic carbocycles. The second-order valence-corrected chi connectivity index (χ2v) is 32.3. The molecule has 2 aliphatic rings. The van der Waals surface area contributed by atoms with Crippen LogP contribution in [0.15, 0.2) is 431 Å². The lowest BCUT2D eigenvalue weighted by Gasteiger charge is -2.45. The molecule has 4 nitrogen and oxygen atoms in total. The van der Waals surface area contributed by atoms with E-state index in [9.17, 15) is 0 Å². The number of nitrogens with zero attached hydrogens (tertiary/aromatic N) is 4. The Morgan fingerprint density at radius 2 is 0.608 bits per heavy atom. The largest absolute Gasteiger partial charge is 0.342 e. The van der Waals surface area contributed by atoms with Gasteiger partial charge < -0.3 is 19.3 Å². The maximum atomic E-state index is 2.78. The predicted molar refractivity (Wildman–Crippen MR) is 511 cm³/mol. The Morgan fingerprint density at radius 3 is 1.08 bits per heavy atom. The summed E-state index contributed by atoms with van der Waals surface area (Å²) >= 11 is 0. The molecule has 23 rings (SSSR count). The maximum Gasteiger partial charge on any atom is 0.252 e. The third-order valence-electron chi connectivity index (χ3n) is 25.8. The van der Waals surface area contributed by atoms with E-state index < -0.39 is 0 Å². The summed E-state index contributed by atoms with van der Waals surface area (Å²) in [4.78, 5) is 8.09. The standard InChI is InChI=1S/C115H81BN4/c1-7-28-78(29-8-1)80-54-59-88(60-55-80)119(89-61-56-81(57-62-89)79-30-9-2-10-31-79)76-77-72-111-115-112(73-77)118(71-69-97-93(84-36-15-5-16-37-84)46-26-47-94(97)85-38-17-6-18-39-85)110-75-90(120-107-52-21-19-42-98(107)99-43-20-22-53-108(99)120)63-67-106(110)116(115)105-66-58-87(95-64-65-104-102-49-24-41-86-40-23-48-101(113(86)102)103-51-27-50-100(95)114(103)104)74-109(105)117(111)70-68-96-91(82-32-11-3-12-33-82)44-25-45-92(96)83-34-13-4-14-35-83/h1-67,72-75H,68-71,76H2. The van der Waals surface area contributed by atoms with Crippen LogP contribution in [0, 0.1) is 0 Å². The molecular formula is C115H81BN4. The Morgan fingerprint density at radius 1 is 0.242 bits per heavy atom. The molecular weight excluding hydrogens is 1450 g/mol. The van der Waals surface area contributed by atoms with Crippen molar-refractivity contribution < 1.29 is 0 Å².